The summed E-state index contributed by atoms with van der Waals surface area (Å²) in [5.74, 6) is -0.982. The van der Waals surface area contributed by atoms with Crippen molar-refractivity contribution >= 4 is 31.3 Å². The number of hydrogen-bond donors (Lipinski definition) is 2. The molecule has 57 heavy (non-hydrogen) atoms. The van der Waals surface area contributed by atoms with E-state index in [9.17, 15) is 28.6 Å². The molecule has 0 aromatic rings. The Balaban J connectivity index is 4.46. The highest BCUT2D eigenvalue weighted by Gasteiger charge is 2.26. The first-order chi connectivity index (χ1) is 27.6. The van der Waals surface area contributed by atoms with E-state index in [-0.39, 0.29) is 56.3 Å². The molecule has 0 aliphatic heterocycles. The Bertz CT molecular complexity index is 976. The molecule has 1 amide bonds. The van der Waals surface area contributed by atoms with E-state index in [1.807, 2.05) is 0 Å². The van der Waals surface area contributed by atoms with Crippen molar-refractivity contribution in [1.29, 1.82) is 0 Å². The average molecular weight is 830 g/mol. The summed E-state index contributed by atoms with van der Waals surface area (Å²) in [5, 5.41) is 2.52. The van der Waals surface area contributed by atoms with Gasteiger partial charge in [-0.1, -0.05) is 194 Å². The van der Waals surface area contributed by atoms with Crippen LogP contribution in [-0.4, -0.2) is 54.2 Å². The van der Waals surface area contributed by atoms with Gasteiger partial charge in [-0.3, -0.25) is 23.4 Å². The minimum Gasteiger partial charge on any atom is -0.459 e. The fourth-order valence-electron chi connectivity index (χ4n) is 7.01. The molecule has 10 nitrogen and oxygen atoms in total. The number of carbonyl (C=O) groups is 4. The highest BCUT2D eigenvalue weighted by molar-refractivity contribution is 7.47. The largest absolute Gasteiger partial charge is 0.472 e. The molecule has 336 valence electrons. The van der Waals surface area contributed by atoms with Crippen LogP contribution in [0, 0.1) is 0 Å². The standard InChI is InChI=1S/C46H88NO9P/c1-4-6-8-10-12-14-16-18-20-22-24-26-28-30-32-34-43(49)40-44(41-55-57(52,53)54-39-38-47-45(50)37-36-42(3)48)56-46(51)35-33-31-29-27-25-23-21-19-17-15-13-11-9-7-5-2/h44H,4-41H2,1-3H3,(H,47,50)(H,52,53). The van der Waals surface area contributed by atoms with Crippen LogP contribution in [0.25, 0.3) is 0 Å². The van der Waals surface area contributed by atoms with Gasteiger partial charge in [0.2, 0.25) is 5.91 Å². The predicted molar refractivity (Wildman–Crippen MR) is 233 cm³/mol. The van der Waals surface area contributed by atoms with Gasteiger partial charge in [-0.15, -0.1) is 0 Å². The first kappa shape index (κ1) is 55.4. The van der Waals surface area contributed by atoms with Gasteiger partial charge in [0.05, 0.1) is 13.2 Å². The molecule has 0 bridgehead atoms. The van der Waals surface area contributed by atoms with E-state index in [2.05, 4.69) is 19.2 Å². The van der Waals surface area contributed by atoms with Crippen molar-refractivity contribution in [3.8, 4) is 0 Å². The van der Waals surface area contributed by atoms with Crippen molar-refractivity contribution in [2.75, 3.05) is 19.8 Å². The number of phosphoric ester groups is 1. The summed E-state index contributed by atoms with van der Waals surface area (Å²) >= 11 is 0. The molecule has 0 saturated heterocycles. The van der Waals surface area contributed by atoms with E-state index in [0.717, 1.165) is 38.5 Å². The normalized spacial score (nSPS) is 13.0. The van der Waals surface area contributed by atoms with Crippen LogP contribution in [0.1, 0.15) is 245 Å². The lowest BCUT2D eigenvalue weighted by Gasteiger charge is -2.19. The maximum atomic E-state index is 12.9. The maximum absolute atomic E-state index is 12.9. The quantitative estimate of drug-likeness (QED) is 0.0348. The molecule has 0 radical (unpaired) electrons. The molecule has 2 atom stereocenters. The molecule has 0 heterocycles. The van der Waals surface area contributed by atoms with Gasteiger partial charge >= 0.3 is 13.8 Å². The van der Waals surface area contributed by atoms with Gasteiger partial charge in [-0.2, -0.15) is 0 Å². The number of rotatable bonds is 45. The summed E-state index contributed by atoms with van der Waals surface area (Å²) < 4.78 is 28.3. The van der Waals surface area contributed by atoms with E-state index in [0.29, 0.717) is 12.8 Å². The zero-order chi connectivity index (χ0) is 42.1. The molecule has 0 spiro atoms. The molecule has 11 heteroatoms. The zero-order valence-corrected chi connectivity index (χ0v) is 38.0. The number of unbranched alkanes of at least 4 members (excludes halogenated alkanes) is 28. The Morgan fingerprint density at radius 1 is 0.526 bits per heavy atom. The van der Waals surface area contributed by atoms with Crippen LogP contribution in [0.2, 0.25) is 0 Å². The molecule has 0 aliphatic rings. The number of amides is 1. The van der Waals surface area contributed by atoms with Gasteiger partial charge < -0.3 is 19.7 Å². The van der Waals surface area contributed by atoms with Gasteiger partial charge in [-0.25, -0.2) is 4.57 Å². The Morgan fingerprint density at radius 2 is 0.912 bits per heavy atom. The van der Waals surface area contributed by atoms with Crippen LogP contribution < -0.4 is 5.32 Å². The summed E-state index contributed by atoms with van der Waals surface area (Å²) in [6.45, 7) is 5.13. The number of esters is 1. The summed E-state index contributed by atoms with van der Waals surface area (Å²) in [4.78, 5) is 58.7. The number of Topliss-reactive ketones (excluding diaryl/α,β-unsaturated/α-hetero) is 2. The van der Waals surface area contributed by atoms with Crippen molar-refractivity contribution in [1.82, 2.24) is 5.32 Å². The molecular formula is C46H88NO9P. The third-order valence-electron chi connectivity index (χ3n) is 10.6. The highest BCUT2D eigenvalue weighted by Crippen LogP contribution is 2.43. The smallest absolute Gasteiger partial charge is 0.459 e. The van der Waals surface area contributed by atoms with Crippen LogP contribution in [0.3, 0.4) is 0 Å². The lowest BCUT2D eigenvalue weighted by Crippen LogP contribution is -2.28. The number of nitrogens with one attached hydrogen (secondary N) is 1. The molecule has 0 saturated carbocycles. The minimum atomic E-state index is -4.54. The monoisotopic (exact) mass is 830 g/mol. The van der Waals surface area contributed by atoms with Crippen LogP contribution in [0.15, 0.2) is 0 Å². The van der Waals surface area contributed by atoms with Gasteiger partial charge in [0.15, 0.2) is 0 Å². The highest BCUT2D eigenvalue weighted by atomic mass is 31.2. The second-order valence-electron chi connectivity index (χ2n) is 16.4. The van der Waals surface area contributed by atoms with Gasteiger partial charge in [0.25, 0.3) is 0 Å². The van der Waals surface area contributed by atoms with Crippen LogP contribution in [0.4, 0.5) is 0 Å². The van der Waals surface area contributed by atoms with Gasteiger partial charge in [0, 0.05) is 38.6 Å². The molecule has 0 aliphatic carbocycles. The average Bonchev–Trinajstić information content (AvgIpc) is 3.17. The summed E-state index contributed by atoms with van der Waals surface area (Å²) in [7, 11) is -4.54. The maximum Gasteiger partial charge on any atom is 0.472 e. The van der Waals surface area contributed by atoms with E-state index < -0.39 is 26.5 Å². The fourth-order valence-corrected chi connectivity index (χ4v) is 7.76. The van der Waals surface area contributed by atoms with Crippen LogP contribution >= 0.6 is 7.82 Å². The van der Waals surface area contributed by atoms with Crippen molar-refractivity contribution in [3.05, 3.63) is 0 Å². The topological polar surface area (TPSA) is 145 Å². The van der Waals surface area contributed by atoms with E-state index in [1.54, 1.807) is 0 Å². The van der Waals surface area contributed by atoms with Crippen molar-refractivity contribution in [2.24, 2.45) is 0 Å². The summed E-state index contributed by atoms with van der Waals surface area (Å²) in [5.41, 5.74) is 0. The third-order valence-corrected chi connectivity index (χ3v) is 11.6. The molecule has 0 aromatic carbocycles. The van der Waals surface area contributed by atoms with Gasteiger partial charge in [-0.05, 0) is 19.8 Å². The molecule has 0 rings (SSSR count). The van der Waals surface area contributed by atoms with E-state index in [4.69, 9.17) is 13.8 Å². The first-order valence-corrected chi connectivity index (χ1v) is 25.2. The SMILES string of the molecule is CCCCCCCCCCCCCCCCCC(=O)CC(COP(=O)(O)OCCNC(=O)CCC(C)=O)OC(=O)CCCCCCCCCCCCCCCCC. The molecular weight excluding hydrogens is 741 g/mol. The third kappa shape index (κ3) is 42.3. The lowest BCUT2D eigenvalue weighted by molar-refractivity contribution is -0.152. The van der Waals surface area contributed by atoms with E-state index in [1.165, 1.54) is 155 Å². The number of ether oxygens (including phenoxy) is 1. The second kappa shape index (κ2) is 41.1. The Morgan fingerprint density at radius 3 is 1.32 bits per heavy atom. The Hall–Kier alpha value is -1.61. The number of phosphoric acid groups is 1. The molecule has 0 aromatic heterocycles. The minimum absolute atomic E-state index is 0.0303. The Labute approximate surface area is 349 Å². The predicted octanol–water partition coefficient (Wildman–Crippen LogP) is 13.0. The fraction of sp³-hybridized carbons (Fsp3) is 0.913. The van der Waals surface area contributed by atoms with Crippen molar-refractivity contribution in [2.45, 2.75) is 252 Å². The van der Waals surface area contributed by atoms with Gasteiger partial charge in [0.1, 0.15) is 17.7 Å². The van der Waals surface area contributed by atoms with E-state index >= 15 is 0 Å². The molecule has 2 unspecified atom stereocenters. The first-order valence-electron chi connectivity index (χ1n) is 23.7. The second-order valence-corrected chi connectivity index (χ2v) is 17.9. The Kier molecular flexibility index (Phi) is 40.0. The number of ketones is 2. The summed E-state index contributed by atoms with van der Waals surface area (Å²) in [6.07, 6.45) is 36.7. The lowest BCUT2D eigenvalue weighted by atomic mass is 10.0. The molecule has 2 N–H and O–H groups in total. The van der Waals surface area contributed by atoms with Crippen LogP contribution in [0.5, 0.6) is 0 Å². The number of carbonyl (C=O) groups excluding carboxylic acids is 4. The molecule has 0 fully saturated rings. The van der Waals surface area contributed by atoms with Crippen molar-refractivity contribution in [3.63, 3.8) is 0 Å². The number of hydrogen-bond acceptors (Lipinski definition) is 8. The van der Waals surface area contributed by atoms with Crippen LogP contribution in [-0.2, 0) is 37.5 Å². The summed E-state index contributed by atoms with van der Waals surface area (Å²) in [6, 6.07) is 0. The zero-order valence-electron chi connectivity index (χ0n) is 37.1. The van der Waals surface area contributed by atoms with Crippen molar-refractivity contribution < 1.29 is 42.4 Å².